The van der Waals surface area contributed by atoms with Crippen LogP contribution in [-0.2, 0) is 13.0 Å². The highest BCUT2D eigenvalue weighted by atomic mass is 16.4. The number of carbonyl (C=O) groups is 1. The van der Waals surface area contributed by atoms with Crippen LogP contribution in [0.4, 0.5) is 4.79 Å². The standard InChI is InChI=1S/C21H30N4O3/c1-15-16(2)28-20(24-15)14-25-11-8-17(9-12-25)13-23-21(27)22-10-7-18-5-3-4-6-19(18)26/h3-6,17,26H,7-14H2,1-2H3,(H2,22,23,27). The summed E-state index contributed by atoms with van der Waals surface area (Å²) in [4.78, 5) is 18.8. The summed E-state index contributed by atoms with van der Waals surface area (Å²) in [5.41, 5.74) is 1.80. The molecule has 152 valence electrons. The molecule has 28 heavy (non-hydrogen) atoms. The van der Waals surface area contributed by atoms with E-state index in [1.54, 1.807) is 12.1 Å². The highest BCUT2D eigenvalue weighted by Gasteiger charge is 2.21. The fraction of sp³-hybridized carbons (Fsp3) is 0.524. The van der Waals surface area contributed by atoms with Crippen molar-refractivity contribution in [3.05, 3.63) is 47.2 Å². The van der Waals surface area contributed by atoms with Gasteiger partial charge in [0.05, 0.1) is 12.2 Å². The molecule has 2 heterocycles. The number of rotatable bonds is 7. The molecule has 1 saturated heterocycles. The van der Waals surface area contributed by atoms with Crippen LogP contribution in [0.1, 0.15) is 35.7 Å². The first kappa shape index (κ1) is 20.2. The Labute approximate surface area is 166 Å². The van der Waals surface area contributed by atoms with Crippen molar-refractivity contribution in [1.29, 1.82) is 0 Å². The predicted molar refractivity (Wildman–Crippen MR) is 107 cm³/mol. The fourth-order valence-electron chi connectivity index (χ4n) is 3.48. The van der Waals surface area contributed by atoms with Gasteiger partial charge in [-0.05, 0) is 63.7 Å². The molecule has 1 fully saturated rings. The molecular weight excluding hydrogens is 356 g/mol. The number of carbonyl (C=O) groups excluding carboxylic acids is 1. The Morgan fingerprint density at radius 3 is 2.68 bits per heavy atom. The highest BCUT2D eigenvalue weighted by Crippen LogP contribution is 2.19. The van der Waals surface area contributed by atoms with Crippen molar-refractivity contribution in [3.8, 4) is 5.75 Å². The molecule has 1 aromatic carbocycles. The number of likely N-dealkylation sites (tertiary alicyclic amines) is 1. The normalized spacial score (nSPS) is 15.5. The second kappa shape index (κ2) is 9.59. The summed E-state index contributed by atoms with van der Waals surface area (Å²) in [5.74, 6) is 2.44. The van der Waals surface area contributed by atoms with Gasteiger partial charge in [0.1, 0.15) is 11.5 Å². The zero-order valence-corrected chi connectivity index (χ0v) is 16.7. The van der Waals surface area contributed by atoms with Gasteiger partial charge in [-0.2, -0.15) is 0 Å². The fourth-order valence-corrected chi connectivity index (χ4v) is 3.48. The summed E-state index contributed by atoms with van der Waals surface area (Å²) in [6.45, 7) is 7.82. The van der Waals surface area contributed by atoms with Crippen molar-refractivity contribution in [1.82, 2.24) is 20.5 Å². The van der Waals surface area contributed by atoms with E-state index in [9.17, 15) is 9.90 Å². The Morgan fingerprint density at radius 1 is 1.25 bits per heavy atom. The smallest absolute Gasteiger partial charge is 0.314 e. The van der Waals surface area contributed by atoms with Gasteiger partial charge in [-0.25, -0.2) is 9.78 Å². The van der Waals surface area contributed by atoms with Crippen LogP contribution in [0.15, 0.2) is 28.7 Å². The molecule has 2 amide bonds. The summed E-state index contributed by atoms with van der Waals surface area (Å²) in [5, 5.41) is 15.6. The average molecular weight is 386 g/mol. The number of para-hydroxylation sites is 1. The van der Waals surface area contributed by atoms with E-state index in [0.29, 0.717) is 25.4 Å². The van der Waals surface area contributed by atoms with Crippen molar-refractivity contribution in [2.75, 3.05) is 26.2 Å². The maximum atomic E-state index is 12.0. The number of aromatic nitrogens is 1. The maximum absolute atomic E-state index is 12.0. The molecule has 0 atom stereocenters. The van der Waals surface area contributed by atoms with E-state index in [-0.39, 0.29) is 11.8 Å². The largest absolute Gasteiger partial charge is 0.508 e. The lowest BCUT2D eigenvalue weighted by Gasteiger charge is -2.31. The molecule has 3 N–H and O–H groups in total. The summed E-state index contributed by atoms with van der Waals surface area (Å²) >= 11 is 0. The Balaban J connectivity index is 1.30. The zero-order chi connectivity index (χ0) is 19.9. The molecule has 0 radical (unpaired) electrons. The van der Waals surface area contributed by atoms with E-state index < -0.39 is 0 Å². The van der Waals surface area contributed by atoms with Gasteiger partial charge in [-0.3, -0.25) is 4.90 Å². The SMILES string of the molecule is Cc1nc(CN2CCC(CNC(=O)NCCc3ccccc3O)CC2)oc1C. The Kier molecular flexibility index (Phi) is 6.92. The lowest BCUT2D eigenvalue weighted by Crippen LogP contribution is -2.42. The number of aryl methyl sites for hydroxylation is 2. The molecular formula is C21H30N4O3. The molecule has 0 unspecified atom stereocenters. The van der Waals surface area contributed by atoms with Gasteiger partial charge < -0.3 is 20.2 Å². The summed E-state index contributed by atoms with van der Waals surface area (Å²) < 4.78 is 5.67. The number of amides is 2. The Bertz CT molecular complexity index is 762. The minimum absolute atomic E-state index is 0.149. The van der Waals surface area contributed by atoms with Gasteiger partial charge in [0.2, 0.25) is 5.89 Å². The van der Waals surface area contributed by atoms with Crippen LogP contribution in [0.5, 0.6) is 5.75 Å². The van der Waals surface area contributed by atoms with Gasteiger partial charge in [0, 0.05) is 13.1 Å². The quantitative estimate of drug-likeness (QED) is 0.681. The van der Waals surface area contributed by atoms with Gasteiger partial charge >= 0.3 is 6.03 Å². The second-order valence-electron chi connectivity index (χ2n) is 7.48. The summed E-state index contributed by atoms with van der Waals surface area (Å²) in [6.07, 6.45) is 2.71. The van der Waals surface area contributed by atoms with Crippen molar-refractivity contribution in [2.45, 2.75) is 39.7 Å². The van der Waals surface area contributed by atoms with Crippen molar-refractivity contribution in [2.24, 2.45) is 5.92 Å². The number of phenolic OH excluding ortho intramolecular Hbond substituents is 1. The molecule has 7 heteroatoms. The minimum atomic E-state index is -0.149. The molecule has 0 bridgehead atoms. The van der Waals surface area contributed by atoms with Crippen LogP contribution < -0.4 is 10.6 Å². The lowest BCUT2D eigenvalue weighted by atomic mass is 9.97. The molecule has 0 spiro atoms. The third-order valence-electron chi connectivity index (χ3n) is 5.36. The summed E-state index contributed by atoms with van der Waals surface area (Å²) in [6, 6.07) is 7.04. The van der Waals surface area contributed by atoms with E-state index in [2.05, 4.69) is 20.5 Å². The number of oxazole rings is 1. The number of nitrogens with one attached hydrogen (secondary N) is 2. The van der Waals surface area contributed by atoms with Crippen LogP contribution in [0.3, 0.4) is 0 Å². The molecule has 0 saturated carbocycles. The van der Waals surface area contributed by atoms with Crippen molar-refractivity contribution < 1.29 is 14.3 Å². The molecule has 1 aliphatic rings. The number of benzene rings is 1. The Hall–Kier alpha value is -2.54. The maximum Gasteiger partial charge on any atom is 0.314 e. The van der Waals surface area contributed by atoms with Crippen molar-refractivity contribution >= 4 is 6.03 Å². The number of hydrogen-bond acceptors (Lipinski definition) is 5. The third kappa shape index (κ3) is 5.73. The van der Waals surface area contributed by atoms with Gasteiger partial charge in [0.15, 0.2) is 0 Å². The first-order valence-electron chi connectivity index (χ1n) is 9.95. The molecule has 1 aromatic heterocycles. The first-order valence-corrected chi connectivity index (χ1v) is 9.95. The number of urea groups is 1. The van der Waals surface area contributed by atoms with Crippen LogP contribution in [0.25, 0.3) is 0 Å². The van der Waals surface area contributed by atoms with Gasteiger partial charge in [0.25, 0.3) is 0 Å². The molecule has 2 aromatic rings. The monoisotopic (exact) mass is 386 g/mol. The van der Waals surface area contributed by atoms with Gasteiger partial charge in [-0.1, -0.05) is 18.2 Å². The van der Waals surface area contributed by atoms with E-state index in [1.165, 1.54) is 0 Å². The number of phenols is 1. The van der Waals surface area contributed by atoms with Crippen LogP contribution in [-0.4, -0.2) is 47.2 Å². The molecule has 7 nitrogen and oxygen atoms in total. The topological polar surface area (TPSA) is 90.6 Å². The minimum Gasteiger partial charge on any atom is -0.508 e. The number of nitrogens with zero attached hydrogens (tertiary/aromatic N) is 2. The Morgan fingerprint density at radius 2 is 2.00 bits per heavy atom. The predicted octanol–water partition coefficient (Wildman–Crippen LogP) is 2.75. The van der Waals surface area contributed by atoms with E-state index in [0.717, 1.165) is 55.4 Å². The van der Waals surface area contributed by atoms with E-state index in [1.807, 2.05) is 26.0 Å². The molecule has 1 aliphatic heterocycles. The van der Waals surface area contributed by atoms with Crippen LogP contribution in [0.2, 0.25) is 0 Å². The van der Waals surface area contributed by atoms with Crippen molar-refractivity contribution in [3.63, 3.8) is 0 Å². The lowest BCUT2D eigenvalue weighted by molar-refractivity contribution is 0.162. The number of aromatic hydroxyl groups is 1. The average Bonchev–Trinajstić information content (AvgIpc) is 3.00. The van der Waals surface area contributed by atoms with E-state index >= 15 is 0 Å². The van der Waals surface area contributed by atoms with Crippen LogP contribution in [0, 0.1) is 19.8 Å². The second-order valence-corrected chi connectivity index (χ2v) is 7.48. The molecule has 0 aliphatic carbocycles. The zero-order valence-electron chi connectivity index (χ0n) is 16.7. The van der Waals surface area contributed by atoms with Gasteiger partial charge in [-0.15, -0.1) is 0 Å². The molecule has 3 rings (SSSR count). The van der Waals surface area contributed by atoms with Crippen LogP contribution >= 0.6 is 0 Å². The summed E-state index contributed by atoms with van der Waals surface area (Å²) in [7, 11) is 0. The number of piperidine rings is 1. The van der Waals surface area contributed by atoms with E-state index in [4.69, 9.17) is 4.42 Å². The first-order chi connectivity index (χ1) is 13.5. The highest BCUT2D eigenvalue weighted by molar-refractivity contribution is 5.73. The number of hydrogen-bond donors (Lipinski definition) is 3. The third-order valence-corrected chi connectivity index (χ3v) is 5.36.